The number of nitro benzene ring substituents is 1. The first-order valence-electron chi connectivity index (χ1n) is 11.5. The lowest BCUT2D eigenvalue weighted by atomic mass is 9.78. The number of benzene rings is 3. The maximum atomic E-state index is 13.6. The molecule has 0 bridgehead atoms. The number of ketones is 1. The number of ether oxygens (including phenoxy) is 1. The molecule has 1 aliphatic heterocycles. The van der Waals surface area contributed by atoms with Crippen LogP contribution < -0.4 is 15.4 Å². The minimum Gasteiger partial charge on any atom is -0.500 e. The number of nitrogens with one attached hydrogen (secondary N) is 2. The van der Waals surface area contributed by atoms with E-state index in [1.54, 1.807) is 13.0 Å². The van der Waals surface area contributed by atoms with E-state index in [4.69, 9.17) is 4.74 Å². The number of carbonyl (C=O) groups is 1. The fourth-order valence-corrected chi connectivity index (χ4v) is 4.89. The average Bonchev–Trinajstić information content (AvgIpc) is 3.02. The quantitative estimate of drug-likeness (QED) is 0.324. The molecular weight excluding hydrogens is 446 g/mol. The molecular formula is C27H25N3O5. The Morgan fingerprint density at radius 1 is 1.03 bits per heavy atom. The molecule has 0 radical (unpaired) electrons. The molecule has 1 heterocycles. The van der Waals surface area contributed by atoms with Gasteiger partial charge in [0, 0.05) is 23.8 Å². The van der Waals surface area contributed by atoms with Crippen LogP contribution in [0.1, 0.15) is 42.9 Å². The van der Waals surface area contributed by atoms with Crippen LogP contribution >= 0.6 is 0 Å². The molecule has 2 aliphatic rings. The van der Waals surface area contributed by atoms with Gasteiger partial charge < -0.3 is 20.5 Å². The van der Waals surface area contributed by atoms with E-state index in [2.05, 4.69) is 10.6 Å². The first kappa shape index (κ1) is 22.5. The Labute approximate surface area is 202 Å². The highest BCUT2D eigenvalue weighted by atomic mass is 16.6. The average molecular weight is 472 g/mol. The smallest absolute Gasteiger partial charge is 0.315 e. The zero-order valence-corrected chi connectivity index (χ0v) is 19.2. The Bertz CT molecular complexity index is 1340. The van der Waals surface area contributed by atoms with Gasteiger partial charge in [0.05, 0.1) is 28.9 Å². The predicted molar refractivity (Wildman–Crippen MR) is 133 cm³/mol. The van der Waals surface area contributed by atoms with E-state index in [1.807, 2.05) is 54.6 Å². The van der Waals surface area contributed by atoms with Gasteiger partial charge in [-0.2, -0.15) is 0 Å². The Morgan fingerprint density at radius 2 is 1.74 bits per heavy atom. The number of carbonyl (C=O) groups excluding carboxylic acids is 1. The molecule has 0 saturated heterocycles. The Kier molecular flexibility index (Phi) is 5.86. The zero-order valence-electron chi connectivity index (χ0n) is 19.2. The SMILES string of the molecule is CCOc1cc([C@H]2Nc3ccccc3NC3=C2C(=O)C[C@@H](c2ccccc2)C3)cc([N+](=O)[O-])c1O. The van der Waals surface area contributed by atoms with Crippen molar-refractivity contribution >= 4 is 22.8 Å². The molecule has 8 heteroatoms. The molecule has 5 rings (SSSR count). The van der Waals surface area contributed by atoms with Crippen molar-refractivity contribution in [3.63, 3.8) is 0 Å². The molecule has 3 aromatic carbocycles. The summed E-state index contributed by atoms with van der Waals surface area (Å²) in [6.07, 6.45) is 0.952. The number of phenolic OH excluding ortho intramolecular Hbond substituents is 1. The molecule has 3 N–H and O–H groups in total. The summed E-state index contributed by atoms with van der Waals surface area (Å²) in [6.45, 7) is 1.96. The number of phenols is 1. The third-order valence-corrected chi connectivity index (χ3v) is 6.49. The molecule has 178 valence electrons. The fraction of sp³-hybridized carbons (Fsp3) is 0.222. The summed E-state index contributed by atoms with van der Waals surface area (Å²) in [4.78, 5) is 24.7. The lowest BCUT2D eigenvalue weighted by molar-refractivity contribution is -0.386. The van der Waals surface area contributed by atoms with E-state index in [1.165, 1.54) is 6.07 Å². The van der Waals surface area contributed by atoms with Crippen molar-refractivity contribution in [1.82, 2.24) is 0 Å². The van der Waals surface area contributed by atoms with Gasteiger partial charge in [-0.25, -0.2) is 0 Å². The first-order chi connectivity index (χ1) is 17.0. The molecule has 8 nitrogen and oxygen atoms in total. The molecule has 0 unspecified atom stereocenters. The van der Waals surface area contributed by atoms with Crippen LogP contribution in [0.5, 0.6) is 11.5 Å². The number of hydrogen-bond donors (Lipinski definition) is 3. The van der Waals surface area contributed by atoms with Gasteiger partial charge in [0.1, 0.15) is 0 Å². The van der Waals surface area contributed by atoms with Crippen molar-refractivity contribution < 1.29 is 19.6 Å². The summed E-state index contributed by atoms with van der Waals surface area (Å²) in [7, 11) is 0. The Balaban J connectivity index is 1.66. The number of rotatable bonds is 5. The summed E-state index contributed by atoms with van der Waals surface area (Å²) >= 11 is 0. The van der Waals surface area contributed by atoms with Gasteiger partial charge in [-0.05, 0) is 48.6 Å². The van der Waals surface area contributed by atoms with E-state index in [0.717, 1.165) is 22.6 Å². The van der Waals surface area contributed by atoms with Crippen molar-refractivity contribution in [2.75, 3.05) is 17.2 Å². The van der Waals surface area contributed by atoms with Gasteiger partial charge in [0.15, 0.2) is 11.5 Å². The summed E-state index contributed by atoms with van der Waals surface area (Å²) in [6, 6.07) is 19.8. The van der Waals surface area contributed by atoms with Crippen LogP contribution in [0.3, 0.4) is 0 Å². The summed E-state index contributed by atoms with van der Waals surface area (Å²) < 4.78 is 5.50. The standard InChI is InChI=1S/C27H25N3O5/c1-2-35-24-15-18(13-22(27(24)32)30(33)34)26-25-21(28-19-10-6-7-11-20(19)29-26)12-17(14-23(25)31)16-8-4-3-5-9-16/h3-11,13,15,17,26,28-29,32H,2,12,14H2,1H3/t17-,26+/m0/s1. The van der Waals surface area contributed by atoms with Gasteiger partial charge in [-0.3, -0.25) is 14.9 Å². The largest absolute Gasteiger partial charge is 0.500 e. The van der Waals surface area contributed by atoms with Gasteiger partial charge in [0.2, 0.25) is 5.75 Å². The number of anilines is 2. The van der Waals surface area contributed by atoms with Crippen molar-refractivity contribution in [3.8, 4) is 11.5 Å². The number of allylic oxidation sites excluding steroid dienone is 1. The molecule has 0 spiro atoms. The fourth-order valence-electron chi connectivity index (χ4n) is 4.89. The van der Waals surface area contributed by atoms with Gasteiger partial charge in [-0.1, -0.05) is 42.5 Å². The third kappa shape index (κ3) is 4.19. The van der Waals surface area contributed by atoms with Crippen LogP contribution in [0.4, 0.5) is 17.1 Å². The van der Waals surface area contributed by atoms with Crippen LogP contribution in [-0.4, -0.2) is 22.4 Å². The summed E-state index contributed by atoms with van der Waals surface area (Å²) in [5.41, 5.74) is 4.01. The molecule has 3 aromatic rings. The summed E-state index contributed by atoms with van der Waals surface area (Å²) in [5.74, 6) is -0.529. The number of hydrogen-bond acceptors (Lipinski definition) is 7. The van der Waals surface area contributed by atoms with Crippen LogP contribution in [-0.2, 0) is 4.79 Å². The number of fused-ring (bicyclic) bond motifs is 1. The van der Waals surface area contributed by atoms with E-state index in [0.29, 0.717) is 24.0 Å². The highest BCUT2D eigenvalue weighted by molar-refractivity contribution is 6.01. The first-order valence-corrected chi connectivity index (χ1v) is 11.5. The van der Waals surface area contributed by atoms with Crippen LogP contribution in [0.25, 0.3) is 0 Å². The molecule has 0 fully saturated rings. The van der Waals surface area contributed by atoms with Crippen molar-refractivity contribution in [2.24, 2.45) is 0 Å². The topological polar surface area (TPSA) is 114 Å². The van der Waals surface area contributed by atoms with Crippen LogP contribution in [0.15, 0.2) is 78.0 Å². The zero-order chi connectivity index (χ0) is 24.5. The lowest BCUT2D eigenvalue weighted by Gasteiger charge is -2.30. The monoisotopic (exact) mass is 471 g/mol. The van der Waals surface area contributed by atoms with Crippen LogP contribution in [0, 0.1) is 10.1 Å². The van der Waals surface area contributed by atoms with Crippen LogP contribution in [0.2, 0.25) is 0 Å². The highest BCUT2D eigenvalue weighted by Crippen LogP contribution is 2.47. The molecule has 2 atom stereocenters. The maximum absolute atomic E-state index is 13.6. The second kappa shape index (κ2) is 9.13. The summed E-state index contributed by atoms with van der Waals surface area (Å²) in [5, 5.41) is 29.0. The molecule has 1 aliphatic carbocycles. The minimum absolute atomic E-state index is 0.0107. The second-order valence-corrected chi connectivity index (χ2v) is 8.66. The van der Waals surface area contributed by atoms with Gasteiger partial charge in [0.25, 0.3) is 0 Å². The Hall–Kier alpha value is -4.33. The van der Waals surface area contributed by atoms with E-state index < -0.39 is 22.4 Å². The predicted octanol–water partition coefficient (Wildman–Crippen LogP) is 5.68. The number of nitrogens with zero attached hydrogens (tertiary/aromatic N) is 1. The van der Waals surface area contributed by atoms with Gasteiger partial charge >= 0.3 is 5.69 Å². The van der Waals surface area contributed by atoms with E-state index >= 15 is 0 Å². The number of para-hydroxylation sites is 2. The van der Waals surface area contributed by atoms with E-state index in [-0.39, 0.29) is 24.1 Å². The second-order valence-electron chi connectivity index (χ2n) is 8.66. The Morgan fingerprint density at radius 3 is 2.46 bits per heavy atom. The van der Waals surface area contributed by atoms with Crippen molar-refractivity contribution in [2.45, 2.75) is 31.7 Å². The normalized spacial score (nSPS) is 19.1. The molecule has 0 amide bonds. The third-order valence-electron chi connectivity index (χ3n) is 6.49. The number of nitro groups is 1. The maximum Gasteiger partial charge on any atom is 0.315 e. The lowest BCUT2D eigenvalue weighted by Crippen LogP contribution is -2.27. The highest BCUT2D eigenvalue weighted by Gasteiger charge is 2.37. The number of Topliss-reactive ketones (excluding diaryl/α,β-unsaturated/α-hetero) is 1. The molecule has 0 saturated carbocycles. The van der Waals surface area contributed by atoms with E-state index in [9.17, 15) is 20.0 Å². The van der Waals surface area contributed by atoms with Crippen molar-refractivity contribution in [3.05, 3.63) is 99.2 Å². The molecule has 35 heavy (non-hydrogen) atoms. The van der Waals surface area contributed by atoms with Gasteiger partial charge in [-0.15, -0.1) is 0 Å². The number of aromatic hydroxyl groups is 1. The van der Waals surface area contributed by atoms with Crippen molar-refractivity contribution in [1.29, 1.82) is 0 Å². The minimum atomic E-state index is -0.663. The molecule has 0 aromatic heterocycles.